The third kappa shape index (κ3) is 2.76. The van der Waals surface area contributed by atoms with E-state index < -0.39 is 0 Å². The Morgan fingerprint density at radius 3 is 2.52 bits per heavy atom. The van der Waals surface area contributed by atoms with E-state index >= 15 is 0 Å². The second kappa shape index (κ2) is 5.58. The van der Waals surface area contributed by atoms with Gasteiger partial charge in [-0.3, -0.25) is 0 Å². The van der Waals surface area contributed by atoms with Crippen molar-refractivity contribution in [2.75, 3.05) is 14.1 Å². The molecule has 0 aliphatic carbocycles. The molecule has 0 saturated heterocycles. The van der Waals surface area contributed by atoms with E-state index in [4.69, 9.17) is 11.6 Å². The SMILES string of the molecule is CN(C)C1=Nc2ccc(Cl)cc2C(c2ccccc2)=NN1. The van der Waals surface area contributed by atoms with Crippen molar-refractivity contribution >= 4 is 29.0 Å². The highest BCUT2D eigenvalue weighted by atomic mass is 35.5. The van der Waals surface area contributed by atoms with E-state index in [0.717, 1.165) is 22.5 Å². The first kappa shape index (κ1) is 13.6. The molecule has 5 heteroatoms. The van der Waals surface area contributed by atoms with E-state index in [1.807, 2.05) is 67.5 Å². The molecule has 1 heterocycles. The minimum Gasteiger partial charge on any atom is -0.347 e. The van der Waals surface area contributed by atoms with Crippen molar-refractivity contribution < 1.29 is 0 Å². The Kier molecular flexibility index (Phi) is 3.62. The molecule has 3 rings (SSSR count). The molecule has 0 saturated carbocycles. The van der Waals surface area contributed by atoms with Gasteiger partial charge in [-0.25, -0.2) is 10.4 Å². The molecule has 2 aromatic carbocycles. The number of rotatable bonds is 1. The standard InChI is InChI=1S/C16H15ClN4/c1-21(2)16-18-14-9-8-12(17)10-13(14)15(19-20-16)11-6-4-3-5-7-11/h3-10H,1-2H3,(H,18,20). The van der Waals surface area contributed by atoms with E-state index in [9.17, 15) is 0 Å². The summed E-state index contributed by atoms with van der Waals surface area (Å²) >= 11 is 6.15. The van der Waals surface area contributed by atoms with Gasteiger partial charge in [-0.1, -0.05) is 41.9 Å². The number of aliphatic imine (C=N–C) groups is 1. The third-order valence-electron chi connectivity index (χ3n) is 3.18. The van der Waals surface area contributed by atoms with Crippen LogP contribution in [0, 0.1) is 0 Å². The average molecular weight is 299 g/mol. The summed E-state index contributed by atoms with van der Waals surface area (Å²) in [6.45, 7) is 0. The molecule has 4 nitrogen and oxygen atoms in total. The van der Waals surface area contributed by atoms with Crippen molar-refractivity contribution in [1.82, 2.24) is 10.3 Å². The van der Waals surface area contributed by atoms with Gasteiger partial charge in [0.2, 0.25) is 5.96 Å². The highest BCUT2D eigenvalue weighted by molar-refractivity contribution is 6.31. The van der Waals surface area contributed by atoms with Crippen LogP contribution in [0.4, 0.5) is 5.69 Å². The minimum atomic E-state index is 0.667. The maximum absolute atomic E-state index is 6.15. The van der Waals surface area contributed by atoms with E-state index in [1.54, 1.807) is 0 Å². The number of hydrogen-bond acceptors (Lipinski definition) is 4. The average Bonchev–Trinajstić information content (AvgIpc) is 2.67. The van der Waals surface area contributed by atoms with Gasteiger partial charge in [-0.15, -0.1) is 0 Å². The Labute approximate surface area is 128 Å². The first-order valence-electron chi connectivity index (χ1n) is 6.60. The molecule has 106 valence electrons. The molecule has 0 bridgehead atoms. The van der Waals surface area contributed by atoms with E-state index in [-0.39, 0.29) is 0 Å². The number of hydrazone groups is 1. The van der Waals surface area contributed by atoms with Gasteiger partial charge in [0.05, 0.1) is 5.69 Å². The molecule has 0 aromatic heterocycles. The number of hydrogen-bond donors (Lipinski definition) is 1. The van der Waals surface area contributed by atoms with E-state index in [0.29, 0.717) is 11.0 Å². The normalized spacial score (nSPS) is 13.5. The Balaban J connectivity index is 2.19. The summed E-state index contributed by atoms with van der Waals surface area (Å²) in [6.07, 6.45) is 0. The zero-order valence-electron chi connectivity index (χ0n) is 11.8. The van der Waals surface area contributed by atoms with Crippen molar-refractivity contribution in [3.8, 4) is 0 Å². The predicted octanol–water partition coefficient (Wildman–Crippen LogP) is 3.24. The molecule has 1 aliphatic rings. The predicted molar refractivity (Wildman–Crippen MR) is 87.5 cm³/mol. The Bertz CT molecular complexity index is 720. The molecule has 0 atom stereocenters. The van der Waals surface area contributed by atoms with Crippen LogP contribution in [0.5, 0.6) is 0 Å². The molecule has 0 spiro atoms. The maximum Gasteiger partial charge on any atom is 0.219 e. The fraction of sp³-hybridized carbons (Fsp3) is 0.125. The summed E-state index contributed by atoms with van der Waals surface area (Å²) < 4.78 is 0. The highest BCUT2D eigenvalue weighted by Gasteiger charge is 2.17. The van der Waals surface area contributed by atoms with Gasteiger partial charge in [-0.05, 0) is 18.2 Å². The zero-order valence-corrected chi connectivity index (χ0v) is 12.6. The summed E-state index contributed by atoms with van der Waals surface area (Å²) in [6, 6.07) is 15.6. The van der Waals surface area contributed by atoms with Crippen molar-refractivity contribution in [3.63, 3.8) is 0 Å². The van der Waals surface area contributed by atoms with Crippen LogP contribution in [0.3, 0.4) is 0 Å². The zero-order chi connectivity index (χ0) is 14.8. The molecule has 0 unspecified atom stereocenters. The van der Waals surface area contributed by atoms with Crippen LogP contribution in [0.25, 0.3) is 0 Å². The van der Waals surface area contributed by atoms with Gasteiger partial charge in [0.1, 0.15) is 5.71 Å². The molecule has 0 fully saturated rings. The number of halogens is 1. The van der Waals surface area contributed by atoms with Gasteiger partial charge in [0.25, 0.3) is 0 Å². The largest absolute Gasteiger partial charge is 0.347 e. The Morgan fingerprint density at radius 2 is 1.81 bits per heavy atom. The minimum absolute atomic E-state index is 0.667. The number of nitrogens with one attached hydrogen (secondary N) is 1. The van der Waals surface area contributed by atoms with Gasteiger partial charge in [-0.2, -0.15) is 5.10 Å². The lowest BCUT2D eigenvalue weighted by Crippen LogP contribution is -2.32. The maximum atomic E-state index is 6.15. The molecular weight excluding hydrogens is 284 g/mol. The van der Waals surface area contributed by atoms with Crippen LogP contribution < -0.4 is 5.43 Å². The summed E-state index contributed by atoms with van der Waals surface area (Å²) in [5, 5.41) is 5.18. The molecule has 0 amide bonds. The van der Waals surface area contributed by atoms with Gasteiger partial charge < -0.3 is 4.90 Å². The smallest absolute Gasteiger partial charge is 0.219 e. The number of nitrogens with zero attached hydrogens (tertiary/aromatic N) is 3. The Hall–Kier alpha value is -2.33. The van der Waals surface area contributed by atoms with Crippen LogP contribution in [-0.2, 0) is 0 Å². The lowest BCUT2D eigenvalue weighted by molar-refractivity contribution is 0.591. The van der Waals surface area contributed by atoms with Crippen LogP contribution in [0.1, 0.15) is 11.1 Å². The van der Waals surface area contributed by atoms with Crippen molar-refractivity contribution in [2.24, 2.45) is 10.1 Å². The Morgan fingerprint density at radius 1 is 1.05 bits per heavy atom. The van der Waals surface area contributed by atoms with Crippen molar-refractivity contribution in [1.29, 1.82) is 0 Å². The molecule has 21 heavy (non-hydrogen) atoms. The second-order valence-electron chi connectivity index (χ2n) is 4.93. The highest BCUT2D eigenvalue weighted by Crippen LogP contribution is 2.27. The van der Waals surface area contributed by atoms with Gasteiger partial charge >= 0.3 is 0 Å². The van der Waals surface area contributed by atoms with Crippen LogP contribution in [0.15, 0.2) is 58.6 Å². The van der Waals surface area contributed by atoms with Crippen LogP contribution in [0.2, 0.25) is 5.02 Å². The summed E-state index contributed by atoms with van der Waals surface area (Å²) in [5.41, 5.74) is 6.62. The van der Waals surface area contributed by atoms with Crippen molar-refractivity contribution in [2.45, 2.75) is 0 Å². The number of guanidine groups is 1. The third-order valence-corrected chi connectivity index (χ3v) is 3.41. The summed E-state index contributed by atoms with van der Waals surface area (Å²) in [5.74, 6) is 0.685. The lowest BCUT2D eigenvalue weighted by atomic mass is 10.0. The summed E-state index contributed by atoms with van der Waals surface area (Å²) in [7, 11) is 3.84. The fourth-order valence-electron chi connectivity index (χ4n) is 2.12. The first-order valence-corrected chi connectivity index (χ1v) is 6.98. The molecule has 1 aliphatic heterocycles. The molecule has 0 radical (unpaired) electrons. The topological polar surface area (TPSA) is 40.0 Å². The molecular formula is C16H15ClN4. The number of benzene rings is 2. The monoisotopic (exact) mass is 298 g/mol. The quantitative estimate of drug-likeness (QED) is 0.878. The van der Waals surface area contributed by atoms with E-state index in [2.05, 4.69) is 15.5 Å². The van der Waals surface area contributed by atoms with E-state index in [1.165, 1.54) is 0 Å². The van der Waals surface area contributed by atoms with Crippen LogP contribution >= 0.6 is 11.6 Å². The second-order valence-corrected chi connectivity index (χ2v) is 5.37. The number of fused-ring (bicyclic) bond motifs is 1. The molecule has 2 aromatic rings. The lowest BCUT2D eigenvalue weighted by Gasteiger charge is -2.13. The first-order chi connectivity index (χ1) is 10.1. The van der Waals surface area contributed by atoms with Gasteiger partial charge in [0, 0.05) is 30.2 Å². The van der Waals surface area contributed by atoms with Gasteiger partial charge in [0.15, 0.2) is 0 Å². The summed E-state index contributed by atoms with van der Waals surface area (Å²) in [4.78, 5) is 6.50. The fourth-order valence-corrected chi connectivity index (χ4v) is 2.29. The van der Waals surface area contributed by atoms with Crippen molar-refractivity contribution in [3.05, 3.63) is 64.7 Å². The van der Waals surface area contributed by atoms with Crippen LogP contribution in [-0.4, -0.2) is 30.7 Å². The molecule has 1 N–H and O–H groups in total.